The Balaban J connectivity index is 1.63. The standard InChI is InChI=1S/C20H17F2N3O3S/c1-27-16-4-2-3-14(19(16)28-20(21)22)5-6-17(26)24-11-18-25-15(12-29-18)13-7-9-23-10-8-13/h2-10,12,20H,11H2,1H3,(H,24,26)/b6-5+. The Morgan fingerprint density at radius 3 is 2.79 bits per heavy atom. The fourth-order valence-corrected chi connectivity index (χ4v) is 3.22. The van der Waals surface area contributed by atoms with Gasteiger partial charge in [-0.05, 0) is 24.3 Å². The number of nitrogens with zero attached hydrogens (tertiary/aromatic N) is 2. The number of nitrogens with one attached hydrogen (secondary N) is 1. The van der Waals surface area contributed by atoms with Gasteiger partial charge in [-0.3, -0.25) is 9.78 Å². The molecule has 0 atom stereocenters. The number of ether oxygens (including phenoxy) is 2. The van der Waals surface area contributed by atoms with Crippen molar-refractivity contribution < 1.29 is 23.0 Å². The molecule has 0 aliphatic heterocycles. The van der Waals surface area contributed by atoms with Crippen LogP contribution in [-0.2, 0) is 11.3 Å². The number of aromatic nitrogens is 2. The summed E-state index contributed by atoms with van der Waals surface area (Å²) < 4.78 is 34.9. The lowest BCUT2D eigenvalue weighted by atomic mass is 10.1. The van der Waals surface area contributed by atoms with E-state index in [1.807, 2.05) is 17.5 Å². The second-order valence-corrected chi connectivity index (χ2v) is 6.61. The van der Waals surface area contributed by atoms with Crippen LogP contribution >= 0.6 is 11.3 Å². The van der Waals surface area contributed by atoms with Gasteiger partial charge in [0.15, 0.2) is 11.5 Å². The third kappa shape index (κ3) is 5.58. The van der Waals surface area contributed by atoms with Gasteiger partial charge in [-0.15, -0.1) is 11.3 Å². The normalized spacial score (nSPS) is 11.0. The molecule has 0 unspecified atom stereocenters. The Hall–Kier alpha value is -3.33. The van der Waals surface area contributed by atoms with Gasteiger partial charge in [0.2, 0.25) is 5.91 Å². The lowest BCUT2D eigenvalue weighted by molar-refractivity contribution is -0.116. The Labute approximate surface area is 169 Å². The minimum atomic E-state index is -3.01. The van der Waals surface area contributed by atoms with Crippen LogP contribution in [0, 0.1) is 0 Å². The van der Waals surface area contributed by atoms with Crippen molar-refractivity contribution in [2.75, 3.05) is 7.11 Å². The number of amides is 1. The maximum absolute atomic E-state index is 12.7. The molecule has 0 bridgehead atoms. The zero-order chi connectivity index (χ0) is 20.6. The maximum Gasteiger partial charge on any atom is 0.387 e. The topological polar surface area (TPSA) is 73.3 Å². The Morgan fingerprint density at radius 1 is 1.28 bits per heavy atom. The Kier molecular flexibility index (Phi) is 6.85. The molecule has 0 saturated carbocycles. The number of hydrogen-bond acceptors (Lipinski definition) is 6. The number of pyridine rings is 1. The zero-order valence-electron chi connectivity index (χ0n) is 15.3. The number of rotatable bonds is 8. The van der Waals surface area contributed by atoms with Crippen molar-refractivity contribution in [3.05, 3.63) is 64.8 Å². The summed E-state index contributed by atoms with van der Waals surface area (Å²) in [6.45, 7) is -2.76. The number of para-hydroxylation sites is 1. The molecule has 2 heterocycles. The summed E-state index contributed by atoms with van der Waals surface area (Å²) in [6, 6.07) is 8.37. The van der Waals surface area contributed by atoms with Gasteiger partial charge in [-0.25, -0.2) is 4.98 Å². The monoisotopic (exact) mass is 417 g/mol. The first kappa shape index (κ1) is 20.4. The van der Waals surface area contributed by atoms with Gasteiger partial charge in [0.1, 0.15) is 5.01 Å². The highest BCUT2D eigenvalue weighted by molar-refractivity contribution is 7.09. The molecule has 2 aromatic heterocycles. The molecule has 0 aliphatic carbocycles. The van der Waals surface area contributed by atoms with E-state index >= 15 is 0 Å². The van der Waals surface area contributed by atoms with E-state index in [0.29, 0.717) is 5.56 Å². The van der Waals surface area contributed by atoms with Gasteiger partial charge in [0, 0.05) is 35.0 Å². The van der Waals surface area contributed by atoms with Crippen molar-refractivity contribution in [1.82, 2.24) is 15.3 Å². The maximum atomic E-state index is 12.7. The third-order valence-electron chi connectivity index (χ3n) is 3.79. The van der Waals surface area contributed by atoms with E-state index in [2.05, 4.69) is 20.0 Å². The van der Waals surface area contributed by atoms with Crippen LogP contribution in [-0.4, -0.2) is 29.6 Å². The first-order valence-electron chi connectivity index (χ1n) is 8.49. The van der Waals surface area contributed by atoms with Crippen molar-refractivity contribution in [2.45, 2.75) is 13.2 Å². The lowest BCUT2D eigenvalue weighted by Gasteiger charge is -2.12. The summed E-state index contributed by atoms with van der Waals surface area (Å²) in [5, 5.41) is 5.35. The second kappa shape index (κ2) is 9.74. The molecule has 0 aliphatic rings. The first-order valence-corrected chi connectivity index (χ1v) is 9.37. The Bertz CT molecular complexity index is 994. The molecular formula is C20H17F2N3O3S. The summed E-state index contributed by atoms with van der Waals surface area (Å²) in [5.41, 5.74) is 2.05. The molecule has 1 N–H and O–H groups in total. The van der Waals surface area contributed by atoms with Gasteiger partial charge in [0.25, 0.3) is 0 Å². The highest BCUT2D eigenvalue weighted by atomic mass is 32.1. The van der Waals surface area contributed by atoms with Crippen LogP contribution in [0.5, 0.6) is 11.5 Å². The van der Waals surface area contributed by atoms with Crippen molar-refractivity contribution in [3.63, 3.8) is 0 Å². The van der Waals surface area contributed by atoms with E-state index in [1.165, 1.54) is 36.7 Å². The molecule has 29 heavy (non-hydrogen) atoms. The molecule has 150 valence electrons. The van der Waals surface area contributed by atoms with E-state index in [4.69, 9.17) is 4.74 Å². The van der Waals surface area contributed by atoms with E-state index < -0.39 is 12.5 Å². The minimum Gasteiger partial charge on any atom is -0.493 e. The van der Waals surface area contributed by atoms with Gasteiger partial charge in [-0.1, -0.05) is 12.1 Å². The van der Waals surface area contributed by atoms with Crippen molar-refractivity contribution in [2.24, 2.45) is 0 Å². The van der Waals surface area contributed by atoms with E-state index in [0.717, 1.165) is 16.3 Å². The van der Waals surface area contributed by atoms with Crippen LogP contribution < -0.4 is 14.8 Å². The van der Waals surface area contributed by atoms with Crippen LogP contribution in [0.3, 0.4) is 0 Å². The van der Waals surface area contributed by atoms with Gasteiger partial charge in [0.05, 0.1) is 19.3 Å². The number of thiazole rings is 1. The molecule has 3 aromatic rings. The predicted molar refractivity (Wildman–Crippen MR) is 106 cm³/mol. The average Bonchev–Trinajstić information content (AvgIpc) is 3.21. The SMILES string of the molecule is COc1cccc(/C=C/C(=O)NCc2nc(-c3ccncc3)cs2)c1OC(F)F. The molecule has 6 nitrogen and oxygen atoms in total. The van der Waals surface area contributed by atoms with Crippen LogP contribution in [0.4, 0.5) is 8.78 Å². The van der Waals surface area contributed by atoms with Crippen molar-refractivity contribution in [3.8, 4) is 22.8 Å². The third-order valence-corrected chi connectivity index (χ3v) is 4.64. The van der Waals surface area contributed by atoms with Gasteiger partial charge < -0.3 is 14.8 Å². The lowest BCUT2D eigenvalue weighted by Crippen LogP contribution is -2.20. The summed E-state index contributed by atoms with van der Waals surface area (Å²) in [6.07, 6.45) is 6.00. The van der Waals surface area contributed by atoms with Crippen LogP contribution in [0.15, 0.2) is 54.2 Å². The van der Waals surface area contributed by atoms with Crippen LogP contribution in [0.25, 0.3) is 17.3 Å². The first-order chi connectivity index (χ1) is 14.1. The number of benzene rings is 1. The number of hydrogen-bond donors (Lipinski definition) is 1. The summed E-state index contributed by atoms with van der Waals surface area (Å²) in [5.74, 6) is -0.369. The second-order valence-electron chi connectivity index (χ2n) is 5.67. The quantitative estimate of drug-likeness (QED) is 0.558. The fourth-order valence-electron chi connectivity index (χ4n) is 2.47. The largest absolute Gasteiger partial charge is 0.493 e. The summed E-state index contributed by atoms with van der Waals surface area (Å²) in [7, 11) is 1.35. The molecule has 0 saturated heterocycles. The number of carbonyl (C=O) groups excluding carboxylic acids is 1. The van der Waals surface area contributed by atoms with E-state index in [-0.39, 0.29) is 18.0 Å². The number of methoxy groups -OCH3 is 1. The van der Waals surface area contributed by atoms with Crippen LogP contribution in [0.2, 0.25) is 0 Å². The highest BCUT2D eigenvalue weighted by Gasteiger charge is 2.14. The number of halogens is 2. The Morgan fingerprint density at radius 2 is 2.07 bits per heavy atom. The predicted octanol–water partition coefficient (Wildman–Crippen LogP) is 4.14. The van der Waals surface area contributed by atoms with Crippen molar-refractivity contribution in [1.29, 1.82) is 0 Å². The molecule has 0 radical (unpaired) electrons. The van der Waals surface area contributed by atoms with Crippen LogP contribution in [0.1, 0.15) is 10.6 Å². The summed E-state index contributed by atoms with van der Waals surface area (Å²) >= 11 is 1.42. The van der Waals surface area contributed by atoms with Gasteiger partial charge in [-0.2, -0.15) is 8.78 Å². The highest BCUT2D eigenvalue weighted by Crippen LogP contribution is 2.33. The fraction of sp³-hybridized carbons (Fsp3) is 0.150. The van der Waals surface area contributed by atoms with Gasteiger partial charge >= 0.3 is 6.61 Å². The summed E-state index contributed by atoms with van der Waals surface area (Å²) in [4.78, 5) is 20.5. The molecule has 0 fully saturated rings. The average molecular weight is 417 g/mol. The number of carbonyl (C=O) groups is 1. The molecular weight excluding hydrogens is 400 g/mol. The molecule has 9 heteroatoms. The minimum absolute atomic E-state index is 0.129. The number of alkyl halides is 2. The van der Waals surface area contributed by atoms with E-state index in [9.17, 15) is 13.6 Å². The smallest absolute Gasteiger partial charge is 0.387 e. The molecule has 0 spiro atoms. The van der Waals surface area contributed by atoms with Crippen molar-refractivity contribution >= 4 is 23.3 Å². The van der Waals surface area contributed by atoms with E-state index in [1.54, 1.807) is 24.5 Å². The molecule has 3 rings (SSSR count). The molecule has 1 amide bonds. The molecule has 1 aromatic carbocycles. The zero-order valence-corrected chi connectivity index (χ0v) is 16.2.